The number of benzene rings is 2. The van der Waals surface area contributed by atoms with Gasteiger partial charge in [0.15, 0.2) is 0 Å². The quantitative estimate of drug-likeness (QED) is 0.352. The summed E-state index contributed by atoms with van der Waals surface area (Å²) < 4.78 is 32.8. The van der Waals surface area contributed by atoms with Crippen molar-refractivity contribution < 1.29 is 17.6 Å². The Labute approximate surface area is 206 Å². The molecule has 0 radical (unpaired) electrons. The topological polar surface area (TPSA) is 92.0 Å². The molecule has 0 aliphatic carbocycles. The summed E-state index contributed by atoms with van der Waals surface area (Å²) in [5, 5.41) is 5.20. The van der Waals surface area contributed by atoms with Gasteiger partial charge in [-0.3, -0.25) is 4.79 Å². The van der Waals surface area contributed by atoms with E-state index < -0.39 is 22.0 Å². The Morgan fingerprint density at radius 2 is 1.82 bits per heavy atom. The van der Waals surface area contributed by atoms with E-state index in [4.69, 9.17) is 39.2 Å². The third kappa shape index (κ3) is 5.26. The van der Waals surface area contributed by atoms with Crippen LogP contribution in [-0.2, 0) is 14.8 Å². The van der Waals surface area contributed by atoms with Crippen LogP contribution in [0.2, 0.25) is 15.1 Å². The summed E-state index contributed by atoms with van der Waals surface area (Å²) in [4.78, 5) is 12.7. The fraction of sp³-hybridized carbons (Fsp3) is 0.182. The second-order valence-corrected chi connectivity index (χ2v) is 10.4. The van der Waals surface area contributed by atoms with E-state index in [2.05, 4.69) is 10.5 Å². The van der Waals surface area contributed by atoms with Crippen molar-refractivity contribution in [1.82, 2.24) is 9.73 Å². The molecule has 7 nitrogen and oxygen atoms in total. The van der Waals surface area contributed by atoms with Gasteiger partial charge < -0.3 is 4.42 Å². The fourth-order valence-corrected chi connectivity index (χ4v) is 5.57. The molecule has 0 unspecified atom stereocenters. The Balaban J connectivity index is 1.42. The van der Waals surface area contributed by atoms with E-state index in [-0.39, 0.29) is 11.4 Å². The molecule has 1 aliphatic rings. The highest BCUT2D eigenvalue weighted by Gasteiger charge is 2.39. The summed E-state index contributed by atoms with van der Waals surface area (Å²) in [6.45, 7) is 0.248. The molecule has 1 fully saturated rings. The molecule has 2 aromatic carbocycles. The number of furan rings is 1. The van der Waals surface area contributed by atoms with Crippen LogP contribution >= 0.6 is 34.8 Å². The molecular formula is C22H18Cl3N3O4S. The van der Waals surface area contributed by atoms with Crippen LogP contribution < -0.4 is 5.43 Å². The van der Waals surface area contributed by atoms with Crippen LogP contribution in [0.15, 0.2) is 69.0 Å². The number of hydrogen-bond acceptors (Lipinski definition) is 5. The first-order valence-electron chi connectivity index (χ1n) is 9.91. The molecule has 1 aromatic heterocycles. The third-order valence-electron chi connectivity index (χ3n) is 5.12. The van der Waals surface area contributed by atoms with Crippen molar-refractivity contribution in [3.63, 3.8) is 0 Å². The number of carbonyl (C=O) groups is 1. The lowest BCUT2D eigenvalue weighted by molar-refractivity contribution is -0.124. The second kappa shape index (κ2) is 9.87. The van der Waals surface area contributed by atoms with E-state index in [1.165, 1.54) is 34.8 Å². The molecule has 172 valence electrons. The molecule has 33 heavy (non-hydrogen) atoms. The summed E-state index contributed by atoms with van der Waals surface area (Å²) in [5.41, 5.74) is 3.14. The van der Waals surface area contributed by atoms with E-state index in [1.807, 2.05) is 0 Å². The predicted octanol–water partition coefficient (Wildman–Crippen LogP) is 5.21. The van der Waals surface area contributed by atoms with Crippen molar-refractivity contribution in [2.24, 2.45) is 5.10 Å². The molecule has 2 heterocycles. The number of halogens is 3. The number of nitrogens with one attached hydrogen (secondary N) is 1. The minimum atomic E-state index is -3.84. The monoisotopic (exact) mass is 525 g/mol. The minimum absolute atomic E-state index is 0.0838. The first kappa shape index (κ1) is 23.8. The number of hydrazone groups is 1. The summed E-state index contributed by atoms with van der Waals surface area (Å²) in [6.07, 6.45) is 2.31. The van der Waals surface area contributed by atoms with E-state index in [0.29, 0.717) is 39.4 Å². The normalized spacial score (nSPS) is 17.0. The van der Waals surface area contributed by atoms with E-state index in [0.717, 1.165) is 5.56 Å². The Morgan fingerprint density at radius 1 is 1.06 bits per heavy atom. The molecule has 1 aliphatic heterocycles. The Bertz CT molecular complexity index is 1310. The number of amides is 1. The molecule has 0 spiro atoms. The van der Waals surface area contributed by atoms with Crippen molar-refractivity contribution in [1.29, 1.82) is 0 Å². The van der Waals surface area contributed by atoms with Crippen LogP contribution in [0.3, 0.4) is 0 Å². The standard InChI is InChI=1S/C22H18Cl3N3O4S/c23-15-4-7-17(8-5-15)33(30,31)28-11-1-2-20(28)22(29)27-26-13-16-6-10-21(32-16)14-3-9-18(24)19(25)12-14/h3-10,12-13,20H,1-2,11H2,(H,27,29)/b26-13-/t20-/m0/s1. The van der Waals surface area contributed by atoms with Crippen LogP contribution in [0.5, 0.6) is 0 Å². The second-order valence-electron chi connectivity index (χ2n) is 7.29. The van der Waals surface area contributed by atoms with Gasteiger partial charge in [0.2, 0.25) is 10.0 Å². The van der Waals surface area contributed by atoms with Gasteiger partial charge in [-0.1, -0.05) is 34.8 Å². The maximum atomic E-state index is 13.0. The molecule has 0 bridgehead atoms. The first-order chi connectivity index (χ1) is 15.8. The average Bonchev–Trinajstić information content (AvgIpc) is 3.46. The van der Waals surface area contributed by atoms with Crippen molar-refractivity contribution >= 4 is 56.9 Å². The molecule has 4 rings (SSSR count). The van der Waals surface area contributed by atoms with Crippen LogP contribution in [0.25, 0.3) is 11.3 Å². The van der Waals surface area contributed by atoms with Crippen molar-refractivity contribution in [3.05, 3.63) is 75.4 Å². The van der Waals surface area contributed by atoms with Gasteiger partial charge in [-0.2, -0.15) is 9.41 Å². The minimum Gasteiger partial charge on any atom is -0.455 e. The lowest BCUT2D eigenvalue weighted by Gasteiger charge is -2.22. The van der Waals surface area contributed by atoms with Gasteiger partial charge in [0.1, 0.15) is 17.6 Å². The first-order valence-corrected chi connectivity index (χ1v) is 12.5. The van der Waals surface area contributed by atoms with Crippen molar-refractivity contribution in [2.75, 3.05) is 6.54 Å². The Kier molecular flexibility index (Phi) is 7.11. The lowest BCUT2D eigenvalue weighted by Crippen LogP contribution is -2.44. The number of nitrogens with zero attached hydrogens (tertiary/aromatic N) is 2. The van der Waals surface area contributed by atoms with Gasteiger partial charge in [0.25, 0.3) is 5.91 Å². The van der Waals surface area contributed by atoms with Crippen molar-refractivity contribution in [3.8, 4) is 11.3 Å². The molecule has 0 saturated carbocycles. The summed E-state index contributed by atoms with van der Waals surface area (Å²) >= 11 is 17.8. The average molecular weight is 527 g/mol. The van der Waals surface area contributed by atoms with Crippen LogP contribution in [-0.4, -0.2) is 37.4 Å². The number of sulfonamides is 1. The Hall–Kier alpha value is -2.36. The number of hydrogen-bond donors (Lipinski definition) is 1. The molecule has 11 heteroatoms. The van der Waals surface area contributed by atoms with E-state index in [9.17, 15) is 13.2 Å². The largest absolute Gasteiger partial charge is 0.455 e. The Morgan fingerprint density at radius 3 is 2.55 bits per heavy atom. The van der Waals surface area contributed by atoms with Gasteiger partial charge in [0, 0.05) is 17.1 Å². The zero-order valence-electron chi connectivity index (χ0n) is 17.0. The molecule has 1 amide bonds. The number of rotatable bonds is 6. The summed E-state index contributed by atoms with van der Waals surface area (Å²) in [6, 6.07) is 13.5. The summed E-state index contributed by atoms with van der Waals surface area (Å²) in [5.74, 6) is 0.434. The smallest absolute Gasteiger partial charge is 0.258 e. The van der Waals surface area contributed by atoms with E-state index in [1.54, 1.807) is 30.3 Å². The maximum Gasteiger partial charge on any atom is 0.258 e. The fourth-order valence-electron chi connectivity index (χ4n) is 3.49. The maximum absolute atomic E-state index is 13.0. The third-order valence-corrected chi connectivity index (χ3v) is 8.04. The van der Waals surface area contributed by atoms with Crippen LogP contribution in [0, 0.1) is 0 Å². The van der Waals surface area contributed by atoms with Gasteiger partial charge in [-0.15, -0.1) is 0 Å². The molecular weight excluding hydrogens is 509 g/mol. The zero-order chi connectivity index (χ0) is 23.6. The number of carbonyl (C=O) groups excluding carboxylic acids is 1. The van der Waals surface area contributed by atoms with E-state index >= 15 is 0 Å². The van der Waals surface area contributed by atoms with Gasteiger partial charge >= 0.3 is 0 Å². The highest BCUT2D eigenvalue weighted by molar-refractivity contribution is 7.89. The molecule has 1 atom stereocenters. The van der Waals surface area contributed by atoms with Gasteiger partial charge in [-0.25, -0.2) is 13.8 Å². The highest BCUT2D eigenvalue weighted by atomic mass is 35.5. The SMILES string of the molecule is O=C(N/N=C\c1ccc(-c2ccc(Cl)c(Cl)c2)o1)[C@@H]1CCCN1S(=O)(=O)c1ccc(Cl)cc1. The van der Waals surface area contributed by atoms with Gasteiger partial charge in [0.05, 0.1) is 21.2 Å². The molecule has 3 aromatic rings. The predicted molar refractivity (Wildman–Crippen MR) is 128 cm³/mol. The molecule has 1 saturated heterocycles. The van der Waals surface area contributed by atoms with Crippen LogP contribution in [0.1, 0.15) is 18.6 Å². The van der Waals surface area contributed by atoms with Gasteiger partial charge in [-0.05, 0) is 67.4 Å². The van der Waals surface area contributed by atoms with Crippen LogP contribution in [0.4, 0.5) is 0 Å². The zero-order valence-corrected chi connectivity index (χ0v) is 20.1. The lowest BCUT2D eigenvalue weighted by atomic mass is 10.2. The van der Waals surface area contributed by atoms with Crippen molar-refractivity contribution in [2.45, 2.75) is 23.8 Å². The summed E-state index contributed by atoms with van der Waals surface area (Å²) in [7, 11) is -3.84. The highest BCUT2D eigenvalue weighted by Crippen LogP contribution is 2.30. The molecule has 1 N–H and O–H groups in total.